The fourth-order valence-corrected chi connectivity index (χ4v) is 4.61. The Balaban J connectivity index is 1.63. The van der Waals surface area contributed by atoms with Crippen molar-refractivity contribution in [3.8, 4) is 28.3 Å². The van der Waals surface area contributed by atoms with E-state index in [4.69, 9.17) is 19.3 Å². The molecule has 1 aliphatic rings. The molecule has 1 aromatic heterocycles. The highest BCUT2D eigenvalue weighted by Gasteiger charge is 2.25. The van der Waals surface area contributed by atoms with Crippen LogP contribution in [-0.4, -0.2) is 73.7 Å². The summed E-state index contributed by atoms with van der Waals surface area (Å²) >= 11 is 0. The lowest BCUT2D eigenvalue weighted by atomic mass is 10.0. The van der Waals surface area contributed by atoms with Crippen LogP contribution in [0, 0.1) is 5.92 Å². The fourth-order valence-electron chi connectivity index (χ4n) is 4.61. The molecule has 1 atom stereocenters. The van der Waals surface area contributed by atoms with Gasteiger partial charge in [0.15, 0.2) is 17.2 Å². The molecule has 36 heavy (non-hydrogen) atoms. The van der Waals surface area contributed by atoms with Crippen LogP contribution in [0.1, 0.15) is 30.8 Å². The molecule has 2 heterocycles. The van der Waals surface area contributed by atoms with Crippen LogP contribution in [0.15, 0.2) is 54.7 Å². The Labute approximate surface area is 213 Å². The Kier molecular flexibility index (Phi) is 8.61. The van der Waals surface area contributed by atoms with Gasteiger partial charge in [-0.05, 0) is 42.2 Å². The Morgan fingerprint density at radius 1 is 1.06 bits per heavy atom. The number of carbonyl (C=O) groups is 1. The number of ether oxygens (including phenoxy) is 3. The minimum absolute atomic E-state index is 0.198. The van der Waals surface area contributed by atoms with Gasteiger partial charge < -0.3 is 19.5 Å². The van der Waals surface area contributed by atoms with E-state index in [1.54, 1.807) is 18.9 Å². The second kappa shape index (κ2) is 12.1. The maximum atomic E-state index is 13.5. The molecule has 0 radical (unpaired) electrons. The zero-order valence-corrected chi connectivity index (χ0v) is 21.6. The molecule has 0 spiro atoms. The van der Waals surface area contributed by atoms with Gasteiger partial charge in [-0.3, -0.25) is 9.69 Å². The van der Waals surface area contributed by atoms with Crippen molar-refractivity contribution in [1.29, 1.82) is 0 Å². The van der Waals surface area contributed by atoms with Crippen LogP contribution in [-0.2, 0) is 4.74 Å². The van der Waals surface area contributed by atoms with Crippen molar-refractivity contribution in [3.05, 3.63) is 60.4 Å². The Morgan fingerprint density at radius 3 is 2.44 bits per heavy atom. The zero-order chi connectivity index (χ0) is 25.5. The van der Waals surface area contributed by atoms with Gasteiger partial charge in [0.2, 0.25) is 0 Å². The van der Waals surface area contributed by atoms with Gasteiger partial charge in [-0.1, -0.05) is 38.1 Å². The minimum atomic E-state index is -0.198. The molecule has 8 nitrogen and oxygen atoms in total. The van der Waals surface area contributed by atoms with Gasteiger partial charge in [0.05, 0.1) is 33.1 Å². The van der Waals surface area contributed by atoms with E-state index in [0.29, 0.717) is 29.7 Å². The number of methoxy groups -OCH3 is 2. The first kappa shape index (κ1) is 25.7. The van der Waals surface area contributed by atoms with Gasteiger partial charge in [-0.15, -0.1) is 0 Å². The summed E-state index contributed by atoms with van der Waals surface area (Å²) in [5.74, 6) is 1.55. The van der Waals surface area contributed by atoms with Crippen molar-refractivity contribution in [2.75, 3.05) is 47.1 Å². The second-order valence-electron chi connectivity index (χ2n) is 9.38. The second-order valence-corrected chi connectivity index (χ2v) is 9.38. The number of carbonyl (C=O) groups excluding carboxylic acids is 1. The number of benzene rings is 2. The maximum absolute atomic E-state index is 13.5. The molecule has 1 saturated heterocycles. The quantitative estimate of drug-likeness (QED) is 0.460. The summed E-state index contributed by atoms with van der Waals surface area (Å²) in [5, 5.41) is 7.88. The van der Waals surface area contributed by atoms with Crippen molar-refractivity contribution < 1.29 is 19.0 Å². The minimum Gasteiger partial charge on any atom is -0.493 e. The zero-order valence-electron chi connectivity index (χ0n) is 21.6. The summed E-state index contributed by atoms with van der Waals surface area (Å²) < 4.78 is 18.2. The third-order valence-corrected chi connectivity index (χ3v) is 6.45. The third-order valence-electron chi connectivity index (χ3n) is 6.45. The van der Waals surface area contributed by atoms with E-state index in [2.05, 4.69) is 24.1 Å². The lowest BCUT2D eigenvalue weighted by molar-refractivity contribution is 0.0124. The maximum Gasteiger partial charge on any atom is 0.272 e. The van der Waals surface area contributed by atoms with Crippen LogP contribution in [0.5, 0.6) is 11.5 Å². The summed E-state index contributed by atoms with van der Waals surface area (Å²) in [5.41, 5.74) is 2.80. The summed E-state index contributed by atoms with van der Waals surface area (Å²) in [4.78, 5) is 16.0. The Morgan fingerprint density at radius 2 is 1.78 bits per heavy atom. The highest BCUT2D eigenvalue weighted by molar-refractivity contribution is 5.99. The van der Waals surface area contributed by atoms with Crippen LogP contribution < -0.4 is 14.8 Å². The van der Waals surface area contributed by atoms with E-state index in [1.165, 1.54) is 0 Å². The number of nitrogens with one attached hydrogen (secondary N) is 1. The molecule has 0 bridgehead atoms. The van der Waals surface area contributed by atoms with Gasteiger partial charge in [-0.2, -0.15) is 5.10 Å². The molecule has 0 saturated carbocycles. The Bertz CT molecular complexity index is 1140. The number of rotatable bonds is 10. The fraction of sp³-hybridized carbons (Fsp3) is 0.429. The van der Waals surface area contributed by atoms with Crippen LogP contribution in [0.3, 0.4) is 0 Å². The smallest absolute Gasteiger partial charge is 0.272 e. The normalized spacial score (nSPS) is 15.0. The average Bonchev–Trinajstić information content (AvgIpc) is 3.37. The molecule has 1 unspecified atom stereocenters. The lowest BCUT2D eigenvalue weighted by Crippen LogP contribution is -2.49. The number of amides is 1. The molecule has 1 amide bonds. The summed E-state index contributed by atoms with van der Waals surface area (Å²) in [6.07, 6.45) is 2.89. The highest BCUT2D eigenvalue weighted by Crippen LogP contribution is 2.34. The molecular formula is C28H36N4O4. The molecule has 1 N–H and O–H groups in total. The van der Waals surface area contributed by atoms with Gasteiger partial charge in [-0.25, -0.2) is 4.68 Å². The number of hydrogen-bond acceptors (Lipinski definition) is 6. The summed E-state index contributed by atoms with van der Waals surface area (Å²) in [6, 6.07) is 15.7. The molecule has 4 rings (SSSR count). The van der Waals surface area contributed by atoms with E-state index < -0.39 is 0 Å². The predicted molar refractivity (Wildman–Crippen MR) is 140 cm³/mol. The highest BCUT2D eigenvalue weighted by atomic mass is 16.5. The van der Waals surface area contributed by atoms with E-state index in [-0.39, 0.29) is 11.9 Å². The van der Waals surface area contributed by atoms with E-state index >= 15 is 0 Å². The molecule has 1 fully saturated rings. The molecule has 8 heteroatoms. The summed E-state index contributed by atoms with van der Waals surface area (Å²) in [6.45, 7) is 8.21. The first-order valence-electron chi connectivity index (χ1n) is 12.5. The van der Waals surface area contributed by atoms with Crippen molar-refractivity contribution in [3.63, 3.8) is 0 Å². The van der Waals surface area contributed by atoms with Gasteiger partial charge in [0.1, 0.15) is 0 Å². The topological polar surface area (TPSA) is 77.9 Å². The lowest BCUT2D eigenvalue weighted by Gasteiger charge is -2.35. The molecule has 0 aliphatic carbocycles. The first-order chi connectivity index (χ1) is 17.5. The van der Waals surface area contributed by atoms with Crippen molar-refractivity contribution in [2.45, 2.75) is 26.3 Å². The van der Waals surface area contributed by atoms with Crippen LogP contribution >= 0.6 is 0 Å². The third kappa shape index (κ3) is 6.06. The largest absolute Gasteiger partial charge is 0.493 e. The van der Waals surface area contributed by atoms with Crippen molar-refractivity contribution in [2.24, 2.45) is 5.92 Å². The number of hydrogen-bond donors (Lipinski definition) is 1. The van der Waals surface area contributed by atoms with E-state index in [0.717, 1.165) is 49.5 Å². The van der Waals surface area contributed by atoms with E-state index in [1.807, 2.05) is 54.7 Å². The van der Waals surface area contributed by atoms with Crippen LogP contribution in [0.25, 0.3) is 16.8 Å². The SMILES string of the molecule is COc1ccc(-c2cn(-c3ccccc3)nc2C(=O)NCC(CC(C)C)N2CCOCC2)cc1OC. The molecule has 1 aliphatic heterocycles. The van der Waals surface area contributed by atoms with Gasteiger partial charge >= 0.3 is 0 Å². The summed E-state index contributed by atoms with van der Waals surface area (Å²) in [7, 11) is 3.20. The molecule has 192 valence electrons. The standard InChI is InChI=1S/C28H36N4O4/c1-20(2)16-23(31-12-14-36-15-13-31)18-29-28(33)27-24(19-32(30-27)22-8-6-5-7-9-22)21-10-11-25(34-3)26(17-21)35-4/h5-11,17,19-20,23H,12-16,18H2,1-4H3,(H,29,33). The molecule has 2 aromatic carbocycles. The predicted octanol–water partition coefficient (Wildman–Crippen LogP) is 4.03. The van der Waals surface area contributed by atoms with Gasteiger partial charge in [0, 0.05) is 37.4 Å². The monoisotopic (exact) mass is 492 g/mol. The van der Waals surface area contributed by atoms with Crippen LogP contribution in [0.4, 0.5) is 0 Å². The molecular weight excluding hydrogens is 456 g/mol. The van der Waals surface area contributed by atoms with E-state index in [9.17, 15) is 4.79 Å². The number of morpholine rings is 1. The number of aromatic nitrogens is 2. The average molecular weight is 493 g/mol. The van der Waals surface area contributed by atoms with Gasteiger partial charge in [0.25, 0.3) is 5.91 Å². The Hall–Kier alpha value is -3.36. The number of para-hydroxylation sites is 1. The first-order valence-corrected chi connectivity index (χ1v) is 12.5. The number of nitrogens with zero attached hydrogens (tertiary/aromatic N) is 3. The van der Waals surface area contributed by atoms with Crippen molar-refractivity contribution in [1.82, 2.24) is 20.0 Å². The van der Waals surface area contributed by atoms with Crippen molar-refractivity contribution >= 4 is 5.91 Å². The molecule has 3 aromatic rings. The van der Waals surface area contributed by atoms with Crippen LogP contribution in [0.2, 0.25) is 0 Å².